The van der Waals surface area contributed by atoms with Crippen LogP contribution >= 0.6 is 136 Å². The van der Waals surface area contributed by atoms with E-state index in [2.05, 4.69) is 26.0 Å². The van der Waals surface area contributed by atoms with Crippen LogP contribution < -0.4 is 32.7 Å². The summed E-state index contributed by atoms with van der Waals surface area (Å²) < 4.78 is 12.0. The van der Waals surface area contributed by atoms with Crippen molar-refractivity contribution in [3.05, 3.63) is 43.7 Å². The fourth-order valence-corrected chi connectivity index (χ4v) is 12.4. The van der Waals surface area contributed by atoms with E-state index in [0.717, 1.165) is 0 Å². The molecule has 2 aromatic rings. The fraction of sp³-hybridized carbons (Fsp3) is 0.438. The molecule has 58 heavy (non-hydrogen) atoms. The van der Waals surface area contributed by atoms with Crippen molar-refractivity contribution >= 4 is 182 Å². The van der Waals surface area contributed by atoms with Gasteiger partial charge < -0.3 is 72.8 Å². The van der Waals surface area contributed by atoms with E-state index in [9.17, 15) is 49.2 Å². The summed E-state index contributed by atoms with van der Waals surface area (Å²) in [7, 11) is 0. The van der Waals surface area contributed by atoms with Gasteiger partial charge in [-0.2, -0.15) is 0 Å². The number of rotatable bonds is 18. The van der Waals surface area contributed by atoms with Gasteiger partial charge in [0.05, 0.1) is 86.5 Å². The first-order chi connectivity index (χ1) is 27.0. The van der Waals surface area contributed by atoms with Crippen LogP contribution in [0.25, 0.3) is 0 Å². The number of nitrogen functional groups attached to an aromatic ring is 2. The molecule has 0 bridgehead atoms. The van der Waals surface area contributed by atoms with Gasteiger partial charge in [-0.05, 0) is 136 Å². The second-order valence-corrected chi connectivity index (χ2v) is 18.1. The van der Waals surface area contributed by atoms with E-state index < -0.39 is 79.8 Å². The van der Waals surface area contributed by atoms with Crippen molar-refractivity contribution in [2.75, 3.05) is 64.1 Å². The Bertz CT molecular complexity index is 1840. The summed E-state index contributed by atoms with van der Waals surface area (Å²) in [5.41, 5.74) is 13.3. The number of esters is 2. The number of benzene rings is 2. The lowest BCUT2D eigenvalue weighted by Gasteiger charge is -2.19. The van der Waals surface area contributed by atoms with Crippen LogP contribution in [0.4, 0.5) is 11.4 Å². The topological polar surface area (TPSA) is 342 Å². The van der Waals surface area contributed by atoms with Crippen LogP contribution in [-0.2, 0) is 19.1 Å². The number of ether oxygens (including phenoxy) is 2. The van der Waals surface area contributed by atoms with Gasteiger partial charge in [-0.1, -0.05) is 0 Å². The summed E-state index contributed by atoms with van der Waals surface area (Å²) in [6.07, 6.45) is -4.23. The third-order valence-corrected chi connectivity index (χ3v) is 13.7. The Hall–Kier alpha value is -1.00. The number of aliphatic hydroxyl groups excluding tert-OH is 6. The number of carbonyl (C=O) groups excluding carboxylic acids is 6. The lowest BCUT2D eigenvalue weighted by Crippen LogP contribution is -2.38. The van der Waals surface area contributed by atoms with Crippen LogP contribution in [0.3, 0.4) is 0 Å². The van der Waals surface area contributed by atoms with E-state index >= 15 is 0 Å². The van der Waals surface area contributed by atoms with Crippen LogP contribution in [0.15, 0.2) is 0 Å². The molecule has 2 rings (SSSR count). The SMILES string of the molecule is CC(=O)OC(CO)CNC(=O)c1c(I)c(N)c(I)c(C(=O)NCC(O)CO)c1I.CC(=O)OCC(O)CNC(=O)c1c(I)c(N)c(I)c(C(=O)NCC(O)CO)c1I. The lowest BCUT2D eigenvalue weighted by molar-refractivity contribution is -0.148. The van der Waals surface area contributed by atoms with E-state index in [1.54, 1.807) is 0 Å². The highest BCUT2D eigenvalue weighted by Crippen LogP contribution is 2.35. The highest BCUT2D eigenvalue weighted by Gasteiger charge is 2.29. The predicted octanol–water partition coefficient (Wildman–Crippen LogP) is -0.361. The summed E-state index contributed by atoms with van der Waals surface area (Å²) in [5.74, 6) is -3.38. The minimum Gasteiger partial charge on any atom is -0.463 e. The summed E-state index contributed by atoms with van der Waals surface area (Å²) in [6, 6.07) is 0. The molecule has 4 amide bonds. The molecule has 4 unspecified atom stereocenters. The molecule has 4 atom stereocenters. The molecule has 324 valence electrons. The molecule has 0 spiro atoms. The third kappa shape index (κ3) is 16.7. The monoisotopic (exact) mass is 1490 g/mol. The molecule has 0 saturated carbocycles. The largest absolute Gasteiger partial charge is 0.463 e. The third-order valence-electron chi connectivity index (χ3n) is 7.03. The van der Waals surface area contributed by atoms with Crippen LogP contribution in [-0.4, -0.2) is 143 Å². The zero-order chi connectivity index (χ0) is 44.6. The van der Waals surface area contributed by atoms with E-state index in [0.29, 0.717) is 21.4 Å². The highest BCUT2D eigenvalue weighted by atomic mass is 127. The van der Waals surface area contributed by atoms with Gasteiger partial charge in [0, 0.05) is 40.6 Å². The Kier molecular flexibility index (Phi) is 25.7. The maximum atomic E-state index is 12.7. The Morgan fingerprint density at radius 3 is 1.10 bits per heavy atom. The first-order valence-corrected chi connectivity index (χ1v) is 22.7. The van der Waals surface area contributed by atoms with Crippen molar-refractivity contribution < 1.29 is 68.9 Å². The van der Waals surface area contributed by atoms with Crippen molar-refractivity contribution in [1.82, 2.24) is 21.3 Å². The maximum absolute atomic E-state index is 12.7. The highest BCUT2D eigenvalue weighted by molar-refractivity contribution is 14.1. The molecular formula is C32H40I6N6O14. The van der Waals surface area contributed by atoms with Crippen LogP contribution in [0.1, 0.15) is 55.3 Å². The van der Waals surface area contributed by atoms with Crippen molar-refractivity contribution in [2.45, 2.75) is 38.3 Å². The second kappa shape index (κ2) is 27.1. The number of aliphatic hydroxyl groups is 6. The smallest absolute Gasteiger partial charge is 0.303 e. The molecule has 0 aliphatic heterocycles. The molecule has 2 aromatic carbocycles. The molecule has 0 fully saturated rings. The van der Waals surface area contributed by atoms with Crippen LogP contribution in [0.2, 0.25) is 0 Å². The molecule has 20 nitrogen and oxygen atoms in total. The molecule has 26 heteroatoms. The Morgan fingerprint density at radius 2 is 0.828 bits per heavy atom. The van der Waals surface area contributed by atoms with Gasteiger partial charge in [-0.3, -0.25) is 28.8 Å². The van der Waals surface area contributed by atoms with Gasteiger partial charge in [0.25, 0.3) is 23.6 Å². The van der Waals surface area contributed by atoms with Gasteiger partial charge in [-0.15, -0.1) is 0 Å². The first kappa shape index (κ1) is 55.0. The molecule has 0 aliphatic rings. The molecule has 0 radical (unpaired) electrons. The number of nitrogens with two attached hydrogens (primary N) is 2. The van der Waals surface area contributed by atoms with Crippen molar-refractivity contribution in [2.24, 2.45) is 0 Å². The van der Waals surface area contributed by atoms with E-state index in [1.165, 1.54) is 13.8 Å². The lowest BCUT2D eigenvalue weighted by atomic mass is 10.1. The molecular weight excluding hydrogens is 1450 g/mol. The first-order valence-electron chi connectivity index (χ1n) is 16.3. The zero-order valence-electron chi connectivity index (χ0n) is 30.3. The number of hydrogen-bond donors (Lipinski definition) is 12. The van der Waals surface area contributed by atoms with Gasteiger partial charge in [-0.25, -0.2) is 0 Å². The van der Waals surface area contributed by atoms with E-state index in [-0.39, 0.29) is 66.4 Å². The standard InChI is InChI=1S/2C16H20I3N3O7/c1-6(24)29-5-8(26)3-22-16(28)10-11(17)9(12(18)14(20)13(10)19)15(27)21-2-7(25)4-23;1-6(25)29-8(5-24)3-22-16(28)10-11(17)9(12(18)14(20)13(10)19)15(27)21-2-7(26)4-23/h7-8,23,25-26H,2-5,20H2,1H3,(H,21,27)(H,22,28);7-8,23-24,26H,2-5,20H2,1H3,(H,21,27)(H,22,28). The molecule has 14 N–H and O–H groups in total. The Balaban J connectivity index is 0.000000580. The minimum atomic E-state index is -1.12. The molecule has 0 aromatic heterocycles. The van der Waals surface area contributed by atoms with Gasteiger partial charge in [0.15, 0.2) is 0 Å². The summed E-state index contributed by atoms with van der Waals surface area (Å²) >= 11 is 11.3. The van der Waals surface area contributed by atoms with Gasteiger partial charge in [0.2, 0.25) is 0 Å². The maximum Gasteiger partial charge on any atom is 0.303 e. The van der Waals surface area contributed by atoms with E-state index in [1.807, 2.05) is 136 Å². The van der Waals surface area contributed by atoms with E-state index in [4.69, 9.17) is 26.4 Å². The minimum absolute atomic E-state index is 0.128. The number of nitrogens with one attached hydrogen (secondary N) is 4. The van der Waals surface area contributed by atoms with Crippen molar-refractivity contribution in [3.63, 3.8) is 0 Å². The quantitative estimate of drug-likeness (QED) is 0.0515. The second-order valence-electron chi connectivity index (χ2n) is 11.6. The normalized spacial score (nSPS) is 12.8. The summed E-state index contributed by atoms with van der Waals surface area (Å²) in [6.45, 7) is 0.00469. The van der Waals surface area contributed by atoms with Gasteiger partial charge in [0.1, 0.15) is 18.8 Å². The fourth-order valence-electron chi connectivity index (χ4n) is 4.14. The number of amides is 4. The van der Waals surface area contributed by atoms with Gasteiger partial charge >= 0.3 is 11.9 Å². The molecule has 0 saturated heterocycles. The number of anilines is 2. The number of halogens is 6. The average Bonchev–Trinajstić information content (AvgIpc) is 3.17. The Labute approximate surface area is 413 Å². The number of hydrogen-bond acceptors (Lipinski definition) is 16. The summed E-state index contributed by atoms with van der Waals surface area (Å²) in [4.78, 5) is 72.4. The van der Waals surface area contributed by atoms with Crippen LogP contribution in [0, 0.1) is 21.4 Å². The van der Waals surface area contributed by atoms with Crippen molar-refractivity contribution in [1.29, 1.82) is 0 Å². The molecule has 0 aliphatic carbocycles. The van der Waals surface area contributed by atoms with Crippen molar-refractivity contribution in [3.8, 4) is 0 Å². The predicted molar refractivity (Wildman–Crippen MR) is 259 cm³/mol. The zero-order valence-corrected chi connectivity index (χ0v) is 43.3. The molecule has 0 heterocycles. The van der Waals surface area contributed by atoms with Crippen LogP contribution in [0.5, 0.6) is 0 Å². The average molecular weight is 1490 g/mol. The number of carbonyl (C=O) groups is 6. The Morgan fingerprint density at radius 1 is 0.517 bits per heavy atom. The summed E-state index contributed by atoms with van der Waals surface area (Å²) in [5, 5.41) is 65.7.